The number of hydrogen-bond donors (Lipinski definition) is 0. The smallest absolute Gasteiger partial charge is 0.345 e. The molecular formula is C18H14FN3O3. The van der Waals surface area contributed by atoms with Gasteiger partial charge in [-0.2, -0.15) is 5.26 Å². The van der Waals surface area contributed by atoms with Gasteiger partial charge in [0, 0.05) is 25.0 Å². The van der Waals surface area contributed by atoms with E-state index >= 15 is 0 Å². The van der Waals surface area contributed by atoms with Crippen LogP contribution in [0.25, 0.3) is 16.8 Å². The minimum Gasteiger partial charge on any atom is -0.462 e. The van der Waals surface area contributed by atoms with Crippen LogP contribution in [0.5, 0.6) is 0 Å². The first kappa shape index (κ1) is 16.5. The highest BCUT2D eigenvalue weighted by atomic mass is 19.1. The molecule has 0 aliphatic carbocycles. The third-order valence-electron chi connectivity index (χ3n) is 3.85. The molecule has 3 rings (SSSR count). The molecule has 0 radical (unpaired) electrons. The van der Waals surface area contributed by atoms with E-state index in [-0.39, 0.29) is 17.7 Å². The van der Waals surface area contributed by atoms with Crippen molar-refractivity contribution < 1.29 is 13.9 Å². The number of aromatic nitrogens is 2. The number of carbonyl (C=O) groups is 1. The summed E-state index contributed by atoms with van der Waals surface area (Å²) in [4.78, 5) is 24.6. The second kappa shape index (κ2) is 6.24. The molecule has 0 spiro atoms. The molecule has 1 aromatic carbocycles. The van der Waals surface area contributed by atoms with Gasteiger partial charge in [-0.05, 0) is 24.6 Å². The Kier molecular flexibility index (Phi) is 4.11. The molecule has 0 saturated heterocycles. The predicted octanol–water partition coefficient (Wildman–Crippen LogP) is 2.49. The Balaban J connectivity index is 2.32. The molecule has 0 bridgehead atoms. The van der Waals surface area contributed by atoms with E-state index in [9.17, 15) is 19.2 Å². The average Bonchev–Trinajstić information content (AvgIpc) is 2.99. The maximum absolute atomic E-state index is 13.2. The lowest BCUT2D eigenvalue weighted by molar-refractivity contribution is 0.0523. The van der Waals surface area contributed by atoms with E-state index in [1.54, 1.807) is 14.0 Å². The van der Waals surface area contributed by atoms with Gasteiger partial charge in [-0.1, -0.05) is 12.1 Å². The van der Waals surface area contributed by atoms with Crippen molar-refractivity contribution in [2.75, 3.05) is 6.61 Å². The zero-order valence-electron chi connectivity index (χ0n) is 13.6. The molecule has 25 heavy (non-hydrogen) atoms. The quantitative estimate of drug-likeness (QED) is 0.687. The Bertz CT molecular complexity index is 1070. The first-order valence-electron chi connectivity index (χ1n) is 7.55. The Hall–Kier alpha value is -3.40. The summed E-state index contributed by atoms with van der Waals surface area (Å²) in [7, 11) is 1.63. The number of fused-ring (bicyclic) bond motifs is 1. The van der Waals surface area contributed by atoms with Crippen molar-refractivity contribution in [1.29, 1.82) is 5.26 Å². The van der Waals surface area contributed by atoms with Crippen LogP contribution >= 0.6 is 0 Å². The van der Waals surface area contributed by atoms with E-state index in [1.807, 2.05) is 0 Å². The van der Waals surface area contributed by atoms with Crippen molar-refractivity contribution in [3.8, 4) is 17.2 Å². The SMILES string of the molecule is CCOC(=O)c1cn(C)c2c(C#N)c(-c3ccc(F)cc3)cn2c1=O. The monoisotopic (exact) mass is 339 g/mol. The van der Waals surface area contributed by atoms with Gasteiger partial charge in [0.1, 0.15) is 28.7 Å². The number of nitriles is 1. The normalized spacial score (nSPS) is 10.6. The molecule has 2 heterocycles. The number of hydrogen-bond acceptors (Lipinski definition) is 4. The molecule has 0 N–H and O–H groups in total. The third kappa shape index (κ3) is 2.68. The summed E-state index contributed by atoms with van der Waals surface area (Å²) in [5.74, 6) is -1.12. The van der Waals surface area contributed by atoms with Gasteiger partial charge >= 0.3 is 5.97 Å². The zero-order valence-corrected chi connectivity index (χ0v) is 13.6. The molecule has 0 unspecified atom stereocenters. The molecule has 6 nitrogen and oxygen atoms in total. The van der Waals surface area contributed by atoms with Crippen LogP contribution in [0.4, 0.5) is 4.39 Å². The Labute approximate surface area is 142 Å². The number of benzene rings is 1. The fraction of sp³-hybridized carbons (Fsp3) is 0.167. The summed E-state index contributed by atoms with van der Waals surface area (Å²) in [6.07, 6.45) is 2.83. The van der Waals surface area contributed by atoms with Crippen molar-refractivity contribution in [3.63, 3.8) is 0 Å². The molecule has 2 aromatic heterocycles. The summed E-state index contributed by atoms with van der Waals surface area (Å²) in [6.45, 7) is 1.80. The van der Waals surface area contributed by atoms with Gasteiger partial charge in [0.25, 0.3) is 5.56 Å². The molecule has 0 aliphatic rings. The second-order valence-electron chi connectivity index (χ2n) is 5.41. The first-order valence-corrected chi connectivity index (χ1v) is 7.55. The van der Waals surface area contributed by atoms with Gasteiger partial charge in [-0.25, -0.2) is 9.18 Å². The van der Waals surface area contributed by atoms with Crippen LogP contribution in [0.3, 0.4) is 0 Å². The van der Waals surface area contributed by atoms with Gasteiger partial charge in [-0.3, -0.25) is 9.20 Å². The fourth-order valence-electron chi connectivity index (χ4n) is 2.74. The van der Waals surface area contributed by atoms with Crippen LogP contribution in [-0.2, 0) is 11.8 Å². The number of carbonyl (C=O) groups excluding carboxylic acids is 1. The van der Waals surface area contributed by atoms with Crippen LogP contribution in [0.15, 0.2) is 41.5 Å². The zero-order chi connectivity index (χ0) is 18.1. The molecule has 126 valence electrons. The summed E-state index contributed by atoms with van der Waals surface area (Å²) in [5.41, 5.74) is 0.995. The third-order valence-corrected chi connectivity index (χ3v) is 3.85. The van der Waals surface area contributed by atoms with Crippen LogP contribution < -0.4 is 5.56 Å². The highest BCUT2D eigenvalue weighted by molar-refractivity contribution is 5.89. The van der Waals surface area contributed by atoms with Gasteiger partial charge < -0.3 is 9.30 Å². The summed E-state index contributed by atoms with van der Waals surface area (Å²) in [6, 6.07) is 7.70. The van der Waals surface area contributed by atoms with E-state index in [4.69, 9.17) is 4.74 Å². The molecule has 0 aliphatic heterocycles. The molecule has 0 amide bonds. The van der Waals surface area contributed by atoms with E-state index in [0.29, 0.717) is 16.8 Å². The van der Waals surface area contributed by atoms with Crippen LogP contribution in [0, 0.1) is 17.1 Å². The molecule has 0 saturated carbocycles. The van der Waals surface area contributed by atoms with Crippen molar-refractivity contribution >= 4 is 11.6 Å². The lowest BCUT2D eigenvalue weighted by atomic mass is 10.1. The predicted molar refractivity (Wildman–Crippen MR) is 88.7 cm³/mol. The molecule has 0 atom stereocenters. The fourth-order valence-corrected chi connectivity index (χ4v) is 2.74. The van der Waals surface area contributed by atoms with Crippen molar-refractivity contribution in [2.24, 2.45) is 7.05 Å². The highest BCUT2D eigenvalue weighted by Crippen LogP contribution is 2.27. The van der Waals surface area contributed by atoms with E-state index in [0.717, 1.165) is 0 Å². The van der Waals surface area contributed by atoms with Gasteiger partial charge in [0.15, 0.2) is 0 Å². The number of halogens is 1. The Morgan fingerprint density at radius 1 is 1.28 bits per heavy atom. The van der Waals surface area contributed by atoms with Gasteiger partial charge in [0.2, 0.25) is 0 Å². The Morgan fingerprint density at radius 3 is 2.56 bits per heavy atom. The number of esters is 1. The van der Waals surface area contributed by atoms with Gasteiger partial charge in [0.05, 0.1) is 6.61 Å². The van der Waals surface area contributed by atoms with Crippen molar-refractivity contribution in [3.05, 3.63) is 64.0 Å². The average molecular weight is 339 g/mol. The molecule has 7 heteroatoms. The van der Waals surface area contributed by atoms with E-state index < -0.39 is 17.3 Å². The van der Waals surface area contributed by atoms with Crippen LogP contribution in [-0.4, -0.2) is 21.5 Å². The largest absolute Gasteiger partial charge is 0.462 e. The number of aryl methyl sites for hydroxylation is 1. The van der Waals surface area contributed by atoms with Crippen molar-refractivity contribution in [1.82, 2.24) is 8.97 Å². The second-order valence-corrected chi connectivity index (χ2v) is 5.41. The number of rotatable bonds is 3. The number of nitrogens with zero attached hydrogens (tertiary/aromatic N) is 3. The molecule has 0 fully saturated rings. The molecule has 3 aromatic rings. The lowest BCUT2D eigenvalue weighted by Crippen LogP contribution is -2.25. The molecular weight excluding hydrogens is 325 g/mol. The number of ether oxygens (including phenoxy) is 1. The van der Waals surface area contributed by atoms with Crippen molar-refractivity contribution in [2.45, 2.75) is 6.92 Å². The van der Waals surface area contributed by atoms with Gasteiger partial charge in [-0.15, -0.1) is 0 Å². The maximum atomic E-state index is 13.2. The standard InChI is InChI=1S/C18H14FN3O3/c1-3-25-18(24)15-9-21(2)16-13(8-20)14(10-22(16)17(15)23)11-4-6-12(19)7-5-11/h4-7,9-10H,3H2,1-2H3. The van der Waals surface area contributed by atoms with E-state index in [1.165, 1.54) is 45.6 Å². The lowest BCUT2D eigenvalue weighted by Gasteiger charge is -2.07. The van der Waals surface area contributed by atoms with Crippen LogP contribution in [0.2, 0.25) is 0 Å². The summed E-state index contributed by atoms with van der Waals surface area (Å²) in [5, 5.41) is 9.55. The Morgan fingerprint density at radius 2 is 1.96 bits per heavy atom. The highest BCUT2D eigenvalue weighted by Gasteiger charge is 2.21. The minimum absolute atomic E-state index is 0.123. The topological polar surface area (TPSA) is 76.5 Å². The minimum atomic E-state index is -0.722. The first-order chi connectivity index (χ1) is 12.0. The van der Waals surface area contributed by atoms with Crippen LogP contribution in [0.1, 0.15) is 22.8 Å². The maximum Gasteiger partial charge on any atom is 0.345 e. The summed E-state index contributed by atoms with van der Waals surface area (Å²) < 4.78 is 20.8. The van der Waals surface area contributed by atoms with E-state index in [2.05, 4.69) is 6.07 Å². The summed E-state index contributed by atoms with van der Waals surface area (Å²) >= 11 is 0.